The van der Waals surface area contributed by atoms with Crippen LogP contribution < -0.4 is 0 Å². The maximum atomic E-state index is 13.0. The van der Waals surface area contributed by atoms with Crippen molar-refractivity contribution in [2.24, 2.45) is 0 Å². The fourth-order valence-corrected chi connectivity index (χ4v) is 3.59. The summed E-state index contributed by atoms with van der Waals surface area (Å²) < 4.78 is 6.48. The Balaban J connectivity index is 1.86. The number of rotatable bonds is 5. The number of carbonyl (C=O) groups excluding carboxylic acids is 1. The van der Waals surface area contributed by atoms with Crippen LogP contribution in [-0.2, 0) is 15.1 Å². The van der Waals surface area contributed by atoms with Gasteiger partial charge in [-0.15, -0.1) is 0 Å². The van der Waals surface area contributed by atoms with Crippen LogP contribution in [0.1, 0.15) is 24.0 Å². The first-order valence-electron chi connectivity index (χ1n) is 8.78. The summed E-state index contributed by atoms with van der Waals surface area (Å²) in [5.74, 6) is -0.614. The number of nitrogens with zero attached hydrogens (tertiary/aromatic N) is 1. The van der Waals surface area contributed by atoms with Gasteiger partial charge in [0.1, 0.15) is 12.6 Å². The van der Waals surface area contributed by atoms with Gasteiger partial charge >= 0.3 is 5.97 Å². The third-order valence-corrected chi connectivity index (χ3v) is 5.35. The Kier molecular flexibility index (Phi) is 4.93. The van der Waals surface area contributed by atoms with Gasteiger partial charge in [0.05, 0.1) is 20.6 Å². The van der Waals surface area contributed by atoms with Crippen molar-refractivity contribution >= 4 is 5.97 Å². The van der Waals surface area contributed by atoms with Crippen LogP contribution in [0.4, 0.5) is 0 Å². The SMILES string of the molecule is C[N+]1(C)CCC[C@@H]1COC(=O)C(O)(c1ccccc1)c1ccccc1. The van der Waals surface area contributed by atoms with E-state index in [-0.39, 0.29) is 6.04 Å². The van der Waals surface area contributed by atoms with Gasteiger partial charge in [0, 0.05) is 12.8 Å². The molecule has 1 saturated heterocycles. The lowest BCUT2D eigenvalue weighted by atomic mass is 9.86. The average molecular weight is 340 g/mol. The molecule has 3 rings (SSSR count). The standard InChI is InChI=1S/C21H26NO3/c1-22(2)15-9-14-19(22)16-25-20(23)21(24,17-10-5-3-6-11-17)18-12-7-4-8-13-18/h3-8,10-13,19,24H,9,14-16H2,1-2H3/q+1/t19-/m1/s1. The molecule has 1 heterocycles. The Morgan fingerprint density at radius 2 is 1.60 bits per heavy atom. The van der Waals surface area contributed by atoms with E-state index < -0.39 is 11.6 Å². The van der Waals surface area contributed by atoms with Crippen molar-refractivity contribution in [2.45, 2.75) is 24.5 Å². The average Bonchev–Trinajstić information content (AvgIpc) is 2.98. The van der Waals surface area contributed by atoms with E-state index in [1.165, 1.54) is 0 Å². The van der Waals surface area contributed by atoms with Crippen molar-refractivity contribution in [3.05, 3.63) is 71.8 Å². The number of hydrogen-bond donors (Lipinski definition) is 1. The molecule has 0 saturated carbocycles. The smallest absolute Gasteiger partial charge is 0.347 e. The van der Waals surface area contributed by atoms with Crippen molar-refractivity contribution in [1.82, 2.24) is 0 Å². The molecule has 1 fully saturated rings. The van der Waals surface area contributed by atoms with Crippen LogP contribution in [0.5, 0.6) is 0 Å². The molecule has 2 aromatic carbocycles. The van der Waals surface area contributed by atoms with Crippen molar-refractivity contribution in [2.75, 3.05) is 27.2 Å². The summed E-state index contributed by atoms with van der Waals surface area (Å²) in [4.78, 5) is 13.0. The first-order chi connectivity index (χ1) is 11.9. The zero-order valence-corrected chi connectivity index (χ0v) is 14.9. The van der Waals surface area contributed by atoms with E-state index in [9.17, 15) is 9.90 Å². The Morgan fingerprint density at radius 3 is 2.04 bits per heavy atom. The minimum Gasteiger partial charge on any atom is -0.457 e. The first kappa shape index (κ1) is 17.6. The van der Waals surface area contributed by atoms with E-state index >= 15 is 0 Å². The van der Waals surface area contributed by atoms with E-state index in [4.69, 9.17) is 4.74 Å². The highest BCUT2D eigenvalue weighted by atomic mass is 16.6. The van der Waals surface area contributed by atoms with E-state index in [1.807, 2.05) is 36.4 Å². The molecule has 0 amide bonds. The molecule has 1 aliphatic rings. The Labute approximate surface area is 149 Å². The lowest BCUT2D eigenvalue weighted by Gasteiger charge is -2.32. The second kappa shape index (κ2) is 6.98. The molecular weight excluding hydrogens is 314 g/mol. The predicted molar refractivity (Wildman–Crippen MR) is 96.8 cm³/mol. The number of quaternary nitrogens is 1. The Bertz CT molecular complexity index is 673. The summed E-state index contributed by atoms with van der Waals surface area (Å²) in [6, 6.07) is 18.3. The number of hydrogen-bond acceptors (Lipinski definition) is 3. The van der Waals surface area contributed by atoms with E-state index in [0.29, 0.717) is 17.7 Å². The van der Waals surface area contributed by atoms with Crippen LogP contribution in [0.3, 0.4) is 0 Å². The zero-order chi connectivity index (χ0) is 17.9. The lowest BCUT2D eigenvalue weighted by molar-refractivity contribution is -0.902. The number of ether oxygens (including phenoxy) is 1. The number of benzene rings is 2. The summed E-state index contributed by atoms with van der Waals surface area (Å²) in [6.45, 7) is 1.41. The largest absolute Gasteiger partial charge is 0.457 e. The van der Waals surface area contributed by atoms with Crippen LogP contribution in [0.15, 0.2) is 60.7 Å². The highest BCUT2D eigenvalue weighted by Gasteiger charge is 2.43. The van der Waals surface area contributed by atoms with Gasteiger partial charge in [0.15, 0.2) is 0 Å². The normalized spacial score (nSPS) is 19.6. The number of likely N-dealkylation sites (N-methyl/N-ethyl adjacent to an activating group) is 1. The molecule has 0 spiro atoms. The summed E-state index contributed by atoms with van der Waals surface area (Å²) >= 11 is 0. The highest BCUT2D eigenvalue weighted by molar-refractivity contribution is 5.85. The molecule has 0 aliphatic carbocycles. The Hall–Kier alpha value is -2.17. The molecule has 132 valence electrons. The number of esters is 1. The van der Waals surface area contributed by atoms with Gasteiger partial charge in [0.2, 0.25) is 5.60 Å². The van der Waals surface area contributed by atoms with Gasteiger partial charge in [-0.3, -0.25) is 0 Å². The van der Waals surface area contributed by atoms with E-state index in [0.717, 1.165) is 23.9 Å². The molecule has 0 unspecified atom stereocenters. The number of aliphatic hydroxyl groups is 1. The van der Waals surface area contributed by atoms with Crippen molar-refractivity contribution in [1.29, 1.82) is 0 Å². The fraction of sp³-hybridized carbons (Fsp3) is 0.381. The van der Waals surface area contributed by atoms with Crippen molar-refractivity contribution in [3.8, 4) is 0 Å². The maximum Gasteiger partial charge on any atom is 0.347 e. The van der Waals surface area contributed by atoms with Gasteiger partial charge in [-0.05, 0) is 11.1 Å². The molecule has 0 aromatic heterocycles. The maximum absolute atomic E-state index is 13.0. The number of likely N-dealkylation sites (tertiary alicyclic amines) is 1. The topological polar surface area (TPSA) is 46.5 Å². The number of carbonyl (C=O) groups is 1. The molecule has 25 heavy (non-hydrogen) atoms. The van der Waals surface area contributed by atoms with E-state index in [1.54, 1.807) is 24.3 Å². The molecule has 0 radical (unpaired) electrons. The third kappa shape index (κ3) is 3.46. The van der Waals surface area contributed by atoms with Gasteiger partial charge in [-0.1, -0.05) is 60.7 Å². The summed E-state index contributed by atoms with van der Waals surface area (Å²) in [5, 5.41) is 11.3. The summed E-state index contributed by atoms with van der Waals surface area (Å²) in [6.07, 6.45) is 2.17. The van der Waals surface area contributed by atoms with Crippen LogP contribution in [-0.4, -0.2) is 48.8 Å². The van der Waals surface area contributed by atoms with Gasteiger partial charge in [0.25, 0.3) is 0 Å². The minimum atomic E-state index is -1.79. The molecule has 2 aromatic rings. The van der Waals surface area contributed by atoms with Gasteiger partial charge in [-0.25, -0.2) is 4.79 Å². The summed E-state index contributed by atoms with van der Waals surface area (Å²) in [7, 11) is 4.32. The molecule has 4 heteroatoms. The minimum absolute atomic E-state index is 0.278. The third-order valence-electron chi connectivity index (χ3n) is 5.35. The molecule has 0 bridgehead atoms. The highest BCUT2D eigenvalue weighted by Crippen LogP contribution is 2.32. The van der Waals surface area contributed by atoms with Crippen LogP contribution in [0.2, 0.25) is 0 Å². The van der Waals surface area contributed by atoms with Gasteiger partial charge in [-0.2, -0.15) is 0 Å². The molecule has 1 aliphatic heterocycles. The molecule has 1 N–H and O–H groups in total. The summed E-state index contributed by atoms with van der Waals surface area (Å²) in [5.41, 5.74) is -0.754. The first-order valence-corrected chi connectivity index (χ1v) is 8.78. The Morgan fingerprint density at radius 1 is 1.08 bits per heavy atom. The molecule has 4 nitrogen and oxygen atoms in total. The van der Waals surface area contributed by atoms with Crippen molar-refractivity contribution in [3.63, 3.8) is 0 Å². The molecular formula is C21H26NO3+. The monoisotopic (exact) mass is 340 g/mol. The second-order valence-corrected chi connectivity index (χ2v) is 7.34. The lowest BCUT2D eigenvalue weighted by Crippen LogP contribution is -2.48. The van der Waals surface area contributed by atoms with Crippen LogP contribution in [0, 0.1) is 0 Å². The quantitative estimate of drug-likeness (QED) is 0.672. The van der Waals surface area contributed by atoms with Crippen molar-refractivity contribution < 1.29 is 19.1 Å². The predicted octanol–water partition coefficient (Wildman–Crippen LogP) is 2.70. The van der Waals surface area contributed by atoms with Gasteiger partial charge < -0.3 is 14.3 Å². The fourth-order valence-electron chi connectivity index (χ4n) is 3.59. The molecule has 1 atom stereocenters. The zero-order valence-electron chi connectivity index (χ0n) is 14.9. The van der Waals surface area contributed by atoms with E-state index in [2.05, 4.69) is 14.1 Å². The van der Waals surface area contributed by atoms with Crippen LogP contribution in [0.25, 0.3) is 0 Å². The second-order valence-electron chi connectivity index (χ2n) is 7.34. The van der Waals surface area contributed by atoms with Crippen LogP contribution >= 0.6 is 0 Å².